The van der Waals surface area contributed by atoms with Gasteiger partial charge in [-0.15, -0.1) is 0 Å². The zero-order chi connectivity index (χ0) is 22.1. The van der Waals surface area contributed by atoms with Gasteiger partial charge in [0, 0.05) is 52.6 Å². The van der Waals surface area contributed by atoms with Gasteiger partial charge in [-0.2, -0.15) is 0 Å². The highest BCUT2D eigenvalue weighted by Gasteiger charge is 2.24. The van der Waals surface area contributed by atoms with Crippen molar-refractivity contribution in [2.75, 3.05) is 13.2 Å². The maximum Gasteiger partial charge on any atom is 0.101 e. The minimum atomic E-state index is 0.267. The lowest BCUT2D eigenvalue weighted by atomic mass is 9.88. The van der Waals surface area contributed by atoms with Crippen molar-refractivity contribution in [3.8, 4) is 0 Å². The van der Waals surface area contributed by atoms with Gasteiger partial charge in [0.15, 0.2) is 0 Å². The highest BCUT2D eigenvalue weighted by atomic mass is 16.5. The average Bonchev–Trinajstić information content (AvgIpc) is 3.24. The number of nitrogens with two attached hydrogens (primary N) is 2. The molecular formula is C26H29N5O. The van der Waals surface area contributed by atoms with Crippen molar-refractivity contribution in [1.82, 2.24) is 10.3 Å². The summed E-state index contributed by atoms with van der Waals surface area (Å²) in [5.41, 5.74) is 22.0. The molecule has 32 heavy (non-hydrogen) atoms. The number of aryl methyl sites for hydroxylation is 1. The summed E-state index contributed by atoms with van der Waals surface area (Å²) < 4.78 is 5.80. The normalized spacial score (nSPS) is 20.4. The molecule has 1 aromatic heterocycles. The van der Waals surface area contributed by atoms with Gasteiger partial charge in [0.2, 0.25) is 0 Å². The van der Waals surface area contributed by atoms with E-state index >= 15 is 0 Å². The first-order chi connectivity index (χ1) is 15.6. The van der Waals surface area contributed by atoms with Crippen LogP contribution in [0.15, 0.2) is 59.1 Å². The van der Waals surface area contributed by atoms with Crippen LogP contribution in [-0.2, 0) is 17.8 Å². The fourth-order valence-corrected chi connectivity index (χ4v) is 4.73. The lowest BCUT2D eigenvalue weighted by molar-refractivity contribution is 0.109. The summed E-state index contributed by atoms with van der Waals surface area (Å²) in [6.45, 7) is 4.47. The number of ether oxygens (including phenoxy) is 1. The predicted molar refractivity (Wildman–Crippen MR) is 129 cm³/mol. The number of hydrogen-bond donors (Lipinski definition) is 3. The maximum atomic E-state index is 6.14. The van der Waals surface area contributed by atoms with Crippen LogP contribution in [-0.4, -0.2) is 24.4 Å². The third-order valence-corrected chi connectivity index (χ3v) is 6.45. The van der Waals surface area contributed by atoms with Crippen LogP contribution in [0.4, 0.5) is 0 Å². The third-order valence-electron chi connectivity index (χ3n) is 6.45. The standard InChI is InChI=1S/C26H29N5O/c1-16-4-5-18(13-31-16)23-14-29-12-20(11-22(23)26(27)28)19-9-17-6-8-32-15-24(17)21(10-19)25-3-2-7-30-25/h4-5,9-14,25,30H,2-3,6-8,15,27-28H2,1H3. The van der Waals surface area contributed by atoms with E-state index in [0.717, 1.165) is 59.5 Å². The number of rotatable bonds is 3. The smallest absolute Gasteiger partial charge is 0.101 e. The summed E-state index contributed by atoms with van der Waals surface area (Å²) in [5.74, 6) is 0.267. The van der Waals surface area contributed by atoms with Crippen molar-refractivity contribution in [2.24, 2.45) is 16.5 Å². The molecule has 1 saturated heterocycles. The minimum absolute atomic E-state index is 0.267. The van der Waals surface area contributed by atoms with Crippen molar-refractivity contribution in [3.63, 3.8) is 0 Å². The van der Waals surface area contributed by atoms with Crippen molar-refractivity contribution in [3.05, 3.63) is 87.6 Å². The highest BCUT2D eigenvalue weighted by Crippen LogP contribution is 2.35. The molecule has 6 heteroatoms. The van der Waals surface area contributed by atoms with Crippen molar-refractivity contribution in [1.29, 1.82) is 0 Å². The Balaban J connectivity index is 1.59. The zero-order valence-corrected chi connectivity index (χ0v) is 18.4. The van der Waals surface area contributed by atoms with Gasteiger partial charge < -0.3 is 21.5 Å². The highest BCUT2D eigenvalue weighted by molar-refractivity contribution is 6.13. The van der Waals surface area contributed by atoms with Crippen LogP contribution in [0.1, 0.15) is 52.4 Å². The number of nitrogens with one attached hydrogen (secondary N) is 1. The van der Waals surface area contributed by atoms with Gasteiger partial charge in [0.25, 0.3) is 0 Å². The van der Waals surface area contributed by atoms with Crippen LogP contribution in [0.25, 0.3) is 11.1 Å². The molecular weight excluding hydrogens is 398 g/mol. The van der Waals surface area contributed by atoms with E-state index in [1.807, 2.05) is 43.7 Å². The number of hydrogen-bond acceptors (Lipinski definition) is 6. The number of aromatic nitrogens is 1. The van der Waals surface area contributed by atoms with E-state index in [4.69, 9.17) is 16.2 Å². The fourth-order valence-electron chi connectivity index (χ4n) is 4.73. The van der Waals surface area contributed by atoms with Crippen LogP contribution >= 0.6 is 0 Å². The van der Waals surface area contributed by atoms with Crippen molar-refractivity contribution < 1.29 is 4.74 Å². The van der Waals surface area contributed by atoms with Crippen LogP contribution in [0, 0.1) is 6.92 Å². The Labute approximate surface area is 188 Å². The Bertz CT molecular complexity index is 1150. The van der Waals surface area contributed by atoms with E-state index in [2.05, 4.69) is 27.4 Å². The Hall–Kier alpha value is -3.22. The van der Waals surface area contributed by atoms with Crippen LogP contribution in [0.5, 0.6) is 0 Å². The molecule has 0 bridgehead atoms. The summed E-state index contributed by atoms with van der Waals surface area (Å²) in [6, 6.07) is 8.93. The summed E-state index contributed by atoms with van der Waals surface area (Å²) >= 11 is 0. The van der Waals surface area contributed by atoms with E-state index in [0.29, 0.717) is 12.6 Å². The van der Waals surface area contributed by atoms with E-state index in [-0.39, 0.29) is 5.82 Å². The minimum Gasteiger partial charge on any atom is -0.385 e. The Morgan fingerprint density at radius 2 is 2.09 bits per heavy atom. The first-order valence-corrected chi connectivity index (χ1v) is 11.2. The van der Waals surface area contributed by atoms with Gasteiger partial charge in [0.05, 0.1) is 13.2 Å². The molecule has 3 aliphatic rings. The largest absolute Gasteiger partial charge is 0.385 e. The first kappa shape index (κ1) is 20.7. The van der Waals surface area contributed by atoms with Gasteiger partial charge in [-0.1, -0.05) is 12.1 Å². The second-order valence-corrected chi connectivity index (χ2v) is 8.63. The quantitative estimate of drug-likeness (QED) is 0.696. The Kier molecular flexibility index (Phi) is 5.64. The van der Waals surface area contributed by atoms with Gasteiger partial charge >= 0.3 is 0 Å². The second kappa shape index (κ2) is 8.73. The monoisotopic (exact) mass is 427 g/mol. The molecule has 0 aliphatic carbocycles. The third kappa shape index (κ3) is 3.99. The van der Waals surface area contributed by atoms with Crippen molar-refractivity contribution >= 4 is 17.4 Å². The Morgan fingerprint density at radius 1 is 1.19 bits per heavy atom. The molecule has 5 N–H and O–H groups in total. The SMILES string of the molecule is Cc1ccc(C2=CN=CC(c3cc4c(c(C5CCCN5)c3)COCC4)=CC2=C(N)N)cn1. The Morgan fingerprint density at radius 3 is 2.84 bits per heavy atom. The van der Waals surface area contributed by atoms with Crippen LogP contribution in [0.3, 0.4) is 0 Å². The summed E-state index contributed by atoms with van der Waals surface area (Å²) in [4.78, 5) is 9.04. The van der Waals surface area contributed by atoms with E-state index in [1.54, 1.807) is 0 Å². The molecule has 0 radical (unpaired) electrons. The van der Waals surface area contributed by atoms with Crippen molar-refractivity contribution in [2.45, 2.75) is 38.8 Å². The lowest BCUT2D eigenvalue weighted by Crippen LogP contribution is -2.19. The second-order valence-electron chi connectivity index (χ2n) is 8.63. The number of allylic oxidation sites excluding steroid dienone is 4. The van der Waals surface area contributed by atoms with E-state index in [1.165, 1.54) is 23.1 Å². The van der Waals surface area contributed by atoms with Crippen LogP contribution in [0.2, 0.25) is 0 Å². The molecule has 164 valence electrons. The number of benzene rings is 1. The number of pyridine rings is 1. The van der Waals surface area contributed by atoms with E-state index in [9.17, 15) is 0 Å². The molecule has 0 amide bonds. The molecule has 4 heterocycles. The van der Waals surface area contributed by atoms with Gasteiger partial charge in [-0.25, -0.2) is 0 Å². The molecule has 6 nitrogen and oxygen atoms in total. The van der Waals surface area contributed by atoms with Crippen LogP contribution < -0.4 is 16.8 Å². The van der Waals surface area contributed by atoms with Gasteiger partial charge in [-0.3, -0.25) is 9.98 Å². The molecule has 0 saturated carbocycles. The summed E-state index contributed by atoms with van der Waals surface area (Å²) in [6.07, 6.45) is 10.9. The van der Waals surface area contributed by atoms with Gasteiger partial charge in [0.1, 0.15) is 5.82 Å². The molecule has 5 rings (SSSR count). The zero-order valence-electron chi connectivity index (χ0n) is 18.4. The lowest BCUT2D eigenvalue weighted by Gasteiger charge is -2.25. The first-order valence-electron chi connectivity index (χ1n) is 11.2. The molecule has 2 aromatic rings. The molecule has 1 unspecified atom stereocenters. The fraction of sp³-hybridized carbons (Fsp3) is 0.308. The molecule has 1 fully saturated rings. The topological polar surface area (TPSA) is 98.5 Å². The molecule has 3 aliphatic heterocycles. The maximum absolute atomic E-state index is 6.14. The number of aliphatic imine (C=N–C) groups is 1. The molecule has 1 aromatic carbocycles. The summed E-state index contributed by atoms with van der Waals surface area (Å²) in [7, 11) is 0. The molecule has 0 spiro atoms. The summed E-state index contributed by atoms with van der Waals surface area (Å²) in [5, 5.41) is 3.65. The number of nitrogens with zero attached hydrogens (tertiary/aromatic N) is 2. The number of fused-ring (bicyclic) bond motifs is 1. The van der Waals surface area contributed by atoms with Gasteiger partial charge in [-0.05, 0) is 73.2 Å². The predicted octanol–water partition coefficient (Wildman–Crippen LogP) is 3.53. The molecule has 1 atom stereocenters. The van der Waals surface area contributed by atoms with E-state index < -0.39 is 0 Å². The average molecular weight is 428 g/mol.